The average molecular weight is 240 g/mol. The smallest absolute Gasteiger partial charge is 0.198 e. The van der Waals surface area contributed by atoms with Gasteiger partial charge in [0.05, 0.1) is 6.20 Å². The van der Waals surface area contributed by atoms with E-state index in [0.29, 0.717) is 21.8 Å². The molecular weight excluding hydrogens is 232 g/mol. The number of rotatable bonds is 2. The summed E-state index contributed by atoms with van der Waals surface area (Å²) in [6.45, 7) is 0. The van der Waals surface area contributed by atoms with E-state index in [1.807, 2.05) is 0 Å². The second kappa shape index (κ2) is 3.91. The molecule has 0 fully saturated rings. The Labute approximate surface area is 93.9 Å². The van der Waals surface area contributed by atoms with Gasteiger partial charge in [-0.05, 0) is 11.8 Å². The second-order valence-electron chi connectivity index (χ2n) is 2.63. The molecule has 0 radical (unpaired) electrons. The second-order valence-corrected chi connectivity index (χ2v) is 4.91. The summed E-state index contributed by atoms with van der Waals surface area (Å²) in [6, 6.07) is 1.50. The van der Waals surface area contributed by atoms with E-state index in [9.17, 15) is 0 Å². The van der Waals surface area contributed by atoms with Crippen molar-refractivity contribution in [2.24, 2.45) is 0 Å². The van der Waals surface area contributed by atoms with Gasteiger partial charge >= 0.3 is 0 Å². The zero-order chi connectivity index (χ0) is 10.8. The minimum absolute atomic E-state index is 0.342. The molecule has 0 bridgehead atoms. The third-order valence-electron chi connectivity index (χ3n) is 1.43. The summed E-state index contributed by atoms with van der Waals surface area (Å²) < 4.78 is 0.762. The van der Waals surface area contributed by atoms with Crippen LogP contribution in [0.4, 0.5) is 16.6 Å². The van der Waals surface area contributed by atoms with Gasteiger partial charge in [0.2, 0.25) is 0 Å². The topological polar surface area (TPSA) is 117 Å². The molecule has 8 heteroatoms. The van der Waals surface area contributed by atoms with Gasteiger partial charge < -0.3 is 17.2 Å². The van der Waals surface area contributed by atoms with Crippen LogP contribution in [0.25, 0.3) is 0 Å². The number of hydrogen-bond acceptors (Lipinski definition) is 8. The van der Waals surface area contributed by atoms with Crippen molar-refractivity contribution in [3.63, 3.8) is 0 Å². The average Bonchev–Trinajstić information content (AvgIpc) is 2.49. The van der Waals surface area contributed by atoms with E-state index in [4.69, 9.17) is 17.2 Å². The van der Waals surface area contributed by atoms with Gasteiger partial charge in [0.1, 0.15) is 16.6 Å². The summed E-state index contributed by atoms with van der Waals surface area (Å²) in [5, 5.41) is 1.12. The van der Waals surface area contributed by atoms with Crippen LogP contribution in [0.3, 0.4) is 0 Å². The summed E-state index contributed by atoms with van der Waals surface area (Å²) in [5.41, 5.74) is 16.6. The maximum atomic E-state index is 5.54. The number of aromatic nitrogens is 3. The predicted octanol–water partition coefficient (Wildman–Crippen LogP) is 0.831. The zero-order valence-corrected chi connectivity index (χ0v) is 9.18. The van der Waals surface area contributed by atoms with Crippen molar-refractivity contribution < 1.29 is 0 Å². The number of nitrogens with two attached hydrogens (primary N) is 3. The van der Waals surface area contributed by atoms with E-state index in [0.717, 1.165) is 4.34 Å². The first-order valence-electron chi connectivity index (χ1n) is 3.92. The first-order chi connectivity index (χ1) is 7.13. The van der Waals surface area contributed by atoms with E-state index < -0.39 is 0 Å². The molecule has 0 saturated carbocycles. The molecule has 0 aliphatic carbocycles. The summed E-state index contributed by atoms with van der Waals surface area (Å²) in [4.78, 5) is 12.1. The molecule has 2 aromatic heterocycles. The number of anilines is 3. The summed E-state index contributed by atoms with van der Waals surface area (Å²) in [5.74, 6) is 0.684. The number of nitrogens with zero attached hydrogens (tertiary/aromatic N) is 3. The van der Waals surface area contributed by atoms with Crippen molar-refractivity contribution in [1.29, 1.82) is 0 Å². The van der Waals surface area contributed by atoms with E-state index in [1.54, 1.807) is 6.20 Å². The first-order valence-corrected chi connectivity index (χ1v) is 5.56. The van der Waals surface area contributed by atoms with Crippen LogP contribution >= 0.6 is 23.1 Å². The van der Waals surface area contributed by atoms with Crippen LogP contribution in [0.2, 0.25) is 0 Å². The Morgan fingerprint density at radius 2 is 1.80 bits per heavy atom. The van der Waals surface area contributed by atoms with Gasteiger partial charge in [0.15, 0.2) is 9.50 Å². The van der Waals surface area contributed by atoms with Crippen molar-refractivity contribution in [1.82, 2.24) is 15.0 Å². The molecule has 0 aliphatic heterocycles. The molecule has 2 aromatic rings. The molecule has 6 nitrogen and oxygen atoms in total. The van der Waals surface area contributed by atoms with Gasteiger partial charge in [-0.25, -0.2) is 15.0 Å². The highest BCUT2D eigenvalue weighted by Gasteiger charge is 2.06. The van der Waals surface area contributed by atoms with Crippen molar-refractivity contribution >= 4 is 39.7 Å². The van der Waals surface area contributed by atoms with Gasteiger partial charge in [-0.3, -0.25) is 0 Å². The number of thiazole rings is 1. The maximum Gasteiger partial charge on any atom is 0.198 e. The Kier molecular flexibility index (Phi) is 2.60. The van der Waals surface area contributed by atoms with Crippen LogP contribution in [0, 0.1) is 0 Å². The molecule has 0 aliphatic rings. The summed E-state index contributed by atoms with van der Waals surface area (Å²) in [6.07, 6.45) is 1.59. The molecule has 0 aromatic carbocycles. The largest absolute Gasteiger partial charge is 0.389 e. The van der Waals surface area contributed by atoms with Gasteiger partial charge in [-0.15, -0.1) is 0 Å². The van der Waals surface area contributed by atoms with Crippen molar-refractivity contribution in [3.05, 3.63) is 12.3 Å². The van der Waals surface area contributed by atoms with Crippen molar-refractivity contribution in [3.8, 4) is 0 Å². The Morgan fingerprint density at radius 3 is 2.33 bits per heavy atom. The van der Waals surface area contributed by atoms with E-state index in [1.165, 1.54) is 29.2 Å². The highest BCUT2D eigenvalue weighted by Crippen LogP contribution is 2.30. The Balaban J connectivity index is 2.24. The fourth-order valence-electron chi connectivity index (χ4n) is 0.903. The number of nitrogen functional groups attached to an aromatic ring is 3. The van der Waals surface area contributed by atoms with E-state index in [-0.39, 0.29) is 0 Å². The van der Waals surface area contributed by atoms with Crippen molar-refractivity contribution in [2.45, 2.75) is 9.50 Å². The molecule has 0 spiro atoms. The lowest BCUT2D eigenvalue weighted by Crippen LogP contribution is -1.98. The molecule has 6 N–H and O–H groups in total. The predicted molar refractivity (Wildman–Crippen MR) is 61.5 cm³/mol. The third-order valence-corrected chi connectivity index (χ3v) is 3.19. The molecule has 0 atom stereocenters. The minimum atomic E-state index is 0.342. The molecule has 2 rings (SSSR count). The molecule has 0 unspecified atom stereocenters. The number of hydrogen-bond donors (Lipinski definition) is 3. The quantitative estimate of drug-likeness (QED) is 0.665. The lowest BCUT2D eigenvalue weighted by molar-refractivity contribution is 0.982. The molecular formula is C7H8N6S2. The molecule has 78 valence electrons. The molecule has 2 heterocycles. The van der Waals surface area contributed by atoms with E-state index >= 15 is 0 Å². The standard InChI is InChI=1S/C7H8N6S2/c8-3-1-4(9)13-6(12-3)15-7-11-2-5(10)14-7/h1-2H,10H2,(H4,8,9,12,13). The Morgan fingerprint density at radius 1 is 1.13 bits per heavy atom. The van der Waals surface area contributed by atoms with Crippen molar-refractivity contribution in [2.75, 3.05) is 17.2 Å². The molecule has 0 saturated heterocycles. The summed E-state index contributed by atoms with van der Waals surface area (Å²) >= 11 is 2.64. The Bertz CT molecular complexity index is 462. The first kappa shape index (κ1) is 9.99. The third kappa shape index (κ3) is 2.48. The van der Waals surface area contributed by atoms with Gasteiger partial charge in [-0.1, -0.05) is 11.3 Å². The SMILES string of the molecule is Nc1cc(N)nc(Sc2ncc(N)s2)n1. The van der Waals surface area contributed by atoms with E-state index in [2.05, 4.69) is 15.0 Å². The van der Waals surface area contributed by atoms with Gasteiger partial charge in [-0.2, -0.15) is 0 Å². The zero-order valence-electron chi connectivity index (χ0n) is 7.54. The van der Waals surface area contributed by atoms with Crippen LogP contribution in [0.1, 0.15) is 0 Å². The highest BCUT2D eigenvalue weighted by molar-refractivity contribution is 8.00. The van der Waals surface area contributed by atoms with Gasteiger partial charge in [0, 0.05) is 6.07 Å². The molecule has 15 heavy (non-hydrogen) atoms. The highest BCUT2D eigenvalue weighted by atomic mass is 32.2. The van der Waals surface area contributed by atoms with Crippen LogP contribution in [-0.2, 0) is 0 Å². The lowest BCUT2D eigenvalue weighted by Gasteiger charge is -1.99. The van der Waals surface area contributed by atoms with Gasteiger partial charge in [0.25, 0.3) is 0 Å². The van der Waals surface area contributed by atoms with Crippen LogP contribution in [-0.4, -0.2) is 15.0 Å². The maximum absolute atomic E-state index is 5.54. The minimum Gasteiger partial charge on any atom is -0.389 e. The monoisotopic (exact) mass is 240 g/mol. The normalized spacial score (nSPS) is 10.4. The van der Waals surface area contributed by atoms with Crippen LogP contribution < -0.4 is 17.2 Å². The lowest BCUT2D eigenvalue weighted by atomic mass is 10.5. The molecule has 0 amide bonds. The van der Waals surface area contributed by atoms with Crippen LogP contribution in [0.15, 0.2) is 21.8 Å². The summed E-state index contributed by atoms with van der Waals surface area (Å²) in [7, 11) is 0. The van der Waals surface area contributed by atoms with Crippen LogP contribution in [0.5, 0.6) is 0 Å². The Hall–Kier alpha value is -1.54. The fraction of sp³-hybridized carbons (Fsp3) is 0. The fourth-order valence-corrected chi connectivity index (χ4v) is 2.56.